The lowest BCUT2D eigenvalue weighted by atomic mass is 10.5. The summed E-state index contributed by atoms with van der Waals surface area (Å²) in [6, 6.07) is 0. The van der Waals surface area contributed by atoms with E-state index >= 15 is 0 Å². The highest BCUT2D eigenvalue weighted by Crippen LogP contribution is 2.26. The number of alkyl halides is 3. The Bertz CT molecular complexity index is 87.1. The van der Waals surface area contributed by atoms with Gasteiger partial charge < -0.3 is 5.11 Å². The Balaban J connectivity index is 3.04. The number of hydrogen-bond acceptors (Lipinski definition) is 3. The predicted molar refractivity (Wildman–Crippen MR) is 33.4 cm³/mol. The molecule has 0 amide bonds. The first-order valence-electron chi connectivity index (χ1n) is 2.64. The van der Waals surface area contributed by atoms with Gasteiger partial charge in [0.15, 0.2) is 0 Å². The third kappa shape index (κ3) is 8.06. The fourth-order valence-electron chi connectivity index (χ4n) is 0.284. The molecule has 0 rings (SSSR count). The number of aliphatic hydroxyl groups is 1. The summed E-state index contributed by atoms with van der Waals surface area (Å²) in [5.41, 5.74) is -4.23. The summed E-state index contributed by atoms with van der Waals surface area (Å²) in [4.78, 5) is 0. The second kappa shape index (κ2) is 4.81. The van der Waals surface area contributed by atoms with Crippen LogP contribution in [0, 0.1) is 0 Å². The number of halogens is 3. The Morgan fingerprint density at radius 3 is 2.40 bits per heavy atom. The van der Waals surface area contributed by atoms with Crippen molar-refractivity contribution in [2.45, 2.75) is 11.9 Å². The van der Waals surface area contributed by atoms with Crippen molar-refractivity contribution in [3.8, 4) is 0 Å². The molecule has 0 radical (unpaired) electrons. The van der Waals surface area contributed by atoms with Gasteiger partial charge in [-0.3, -0.25) is 4.72 Å². The molecule has 62 valence electrons. The number of nitrogens with one attached hydrogen (secondary N) is 1. The van der Waals surface area contributed by atoms with Gasteiger partial charge >= 0.3 is 5.51 Å². The van der Waals surface area contributed by atoms with E-state index in [-0.39, 0.29) is 25.1 Å². The van der Waals surface area contributed by atoms with Gasteiger partial charge in [-0.15, -0.1) is 0 Å². The van der Waals surface area contributed by atoms with Crippen LogP contribution in [0.1, 0.15) is 6.42 Å². The van der Waals surface area contributed by atoms with E-state index in [1.54, 1.807) is 0 Å². The van der Waals surface area contributed by atoms with E-state index in [0.29, 0.717) is 6.42 Å². The molecule has 6 heteroatoms. The standard InChI is InChI=1S/C4H8F3NOS/c5-4(6,7)10-8-2-1-3-9/h8-9H,1-3H2. The van der Waals surface area contributed by atoms with E-state index in [1.807, 2.05) is 0 Å². The molecule has 0 saturated heterocycles. The van der Waals surface area contributed by atoms with E-state index in [4.69, 9.17) is 5.11 Å². The molecular formula is C4H8F3NOS. The van der Waals surface area contributed by atoms with Crippen molar-refractivity contribution in [3.05, 3.63) is 0 Å². The number of rotatable bonds is 4. The Morgan fingerprint density at radius 2 is 2.00 bits per heavy atom. The summed E-state index contributed by atoms with van der Waals surface area (Å²) in [7, 11) is 0. The monoisotopic (exact) mass is 175 g/mol. The van der Waals surface area contributed by atoms with E-state index in [9.17, 15) is 13.2 Å². The molecule has 0 aromatic carbocycles. The first kappa shape index (κ1) is 10.1. The summed E-state index contributed by atoms with van der Waals surface area (Å²) in [6.45, 7) is 0.0755. The maximum Gasteiger partial charge on any atom is 0.456 e. The van der Waals surface area contributed by atoms with E-state index < -0.39 is 5.51 Å². The topological polar surface area (TPSA) is 32.3 Å². The van der Waals surface area contributed by atoms with Crippen molar-refractivity contribution in [1.82, 2.24) is 4.72 Å². The molecule has 0 saturated carbocycles. The van der Waals surface area contributed by atoms with Gasteiger partial charge in [-0.25, -0.2) is 0 Å². The predicted octanol–water partition coefficient (Wildman–Crippen LogP) is 1.13. The molecular weight excluding hydrogens is 167 g/mol. The third-order valence-electron chi connectivity index (χ3n) is 0.625. The van der Waals surface area contributed by atoms with Crippen LogP contribution in [0.25, 0.3) is 0 Å². The quantitative estimate of drug-likeness (QED) is 0.496. The summed E-state index contributed by atoms with van der Waals surface area (Å²) in [5.74, 6) is 0. The van der Waals surface area contributed by atoms with Gasteiger partial charge in [0.05, 0.1) is 0 Å². The van der Waals surface area contributed by atoms with Crippen molar-refractivity contribution in [2.24, 2.45) is 0 Å². The molecule has 2 N–H and O–H groups in total. The lowest BCUT2D eigenvalue weighted by Gasteiger charge is -2.04. The third-order valence-corrected chi connectivity index (χ3v) is 1.20. The van der Waals surface area contributed by atoms with Crippen LogP contribution in [-0.4, -0.2) is 23.8 Å². The molecule has 0 aliphatic heterocycles. The van der Waals surface area contributed by atoms with Crippen LogP contribution in [0.5, 0.6) is 0 Å². The molecule has 0 spiro atoms. The van der Waals surface area contributed by atoms with Crippen LogP contribution in [-0.2, 0) is 0 Å². The molecule has 0 bridgehead atoms. The molecule has 0 aliphatic rings. The van der Waals surface area contributed by atoms with E-state index in [0.717, 1.165) is 0 Å². The Morgan fingerprint density at radius 1 is 1.40 bits per heavy atom. The molecule has 0 aromatic heterocycles. The molecule has 0 heterocycles. The van der Waals surface area contributed by atoms with Crippen LogP contribution in [0.2, 0.25) is 0 Å². The van der Waals surface area contributed by atoms with Gasteiger partial charge in [0.1, 0.15) is 0 Å². The second-order valence-electron chi connectivity index (χ2n) is 1.52. The minimum absolute atomic E-state index is 0.0918. The van der Waals surface area contributed by atoms with Gasteiger partial charge in [0.25, 0.3) is 0 Å². The van der Waals surface area contributed by atoms with Crippen LogP contribution in [0.4, 0.5) is 13.2 Å². The second-order valence-corrected chi connectivity index (χ2v) is 2.48. The maximum atomic E-state index is 11.3. The summed E-state index contributed by atoms with van der Waals surface area (Å²) in [5, 5.41) is 8.17. The molecule has 0 atom stereocenters. The highest BCUT2D eigenvalue weighted by molar-refractivity contribution is 7.98. The SMILES string of the molecule is OCCCNSC(F)(F)F. The lowest BCUT2D eigenvalue weighted by Crippen LogP contribution is -2.14. The van der Waals surface area contributed by atoms with Crippen molar-refractivity contribution in [1.29, 1.82) is 0 Å². The number of aliphatic hydroxyl groups excluding tert-OH is 1. The van der Waals surface area contributed by atoms with Crippen LogP contribution < -0.4 is 4.72 Å². The fourth-order valence-corrected chi connectivity index (χ4v) is 0.694. The molecule has 0 unspecified atom stereocenters. The normalized spacial score (nSPS) is 12.0. The minimum atomic E-state index is -4.23. The van der Waals surface area contributed by atoms with E-state index in [1.165, 1.54) is 0 Å². The van der Waals surface area contributed by atoms with Crippen LogP contribution >= 0.6 is 11.9 Å². The average Bonchev–Trinajstić information content (AvgIpc) is 1.78. The van der Waals surface area contributed by atoms with E-state index in [2.05, 4.69) is 4.72 Å². The summed E-state index contributed by atoms with van der Waals surface area (Å²) < 4.78 is 36.0. The first-order valence-corrected chi connectivity index (χ1v) is 3.46. The maximum absolute atomic E-state index is 11.3. The van der Waals surface area contributed by atoms with Gasteiger partial charge in [-0.05, 0) is 6.42 Å². The van der Waals surface area contributed by atoms with Crippen molar-refractivity contribution in [2.75, 3.05) is 13.2 Å². The minimum Gasteiger partial charge on any atom is -0.396 e. The number of hydrogen-bond donors (Lipinski definition) is 2. The van der Waals surface area contributed by atoms with Crippen molar-refractivity contribution < 1.29 is 18.3 Å². The van der Waals surface area contributed by atoms with Gasteiger partial charge in [-0.2, -0.15) is 13.2 Å². The van der Waals surface area contributed by atoms with Gasteiger partial charge in [-0.1, -0.05) is 0 Å². The van der Waals surface area contributed by atoms with Crippen LogP contribution in [0.3, 0.4) is 0 Å². The van der Waals surface area contributed by atoms with Crippen LogP contribution in [0.15, 0.2) is 0 Å². The van der Waals surface area contributed by atoms with Gasteiger partial charge in [0.2, 0.25) is 0 Å². The summed E-state index contributed by atoms with van der Waals surface area (Å²) >= 11 is -0.288. The largest absolute Gasteiger partial charge is 0.456 e. The molecule has 2 nitrogen and oxygen atoms in total. The highest BCUT2D eigenvalue weighted by Gasteiger charge is 2.27. The first-order chi connectivity index (χ1) is 4.56. The van der Waals surface area contributed by atoms with Gasteiger partial charge in [0, 0.05) is 25.1 Å². The molecule has 0 aromatic rings. The zero-order valence-electron chi connectivity index (χ0n) is 5.11. The Kier molecular flexibility index (Phi) is 4.84. The van der Waals surface area contributed by atoms with Crippen molar-refractivity contribution >= 4 is 11.9 Å². The molecule has 0 aliphatic carbocycles. The average molecular weight is 175 g/mol. The molecule has 0 fully saturated rings. The smallest absolute Gasteiger partial charge is 0.396 e. The summed E-state index contributed by atoms with van der Waals surface area (Å²) in [6.07, 6.45) is 0.336. The zero-order valence-corrected chi connectivity index (χ0v) is 5.93. The Hall–Kier alpha value is 0.0600. The molecule has 10 heavy (non-hydrogen) atoms. The van der Waals surface area contributed by atoms with Crippen molar-refractivity contribution in [3.63, 3.8) is 0 Å². The Labute approximate surface area is 60.9 Å². The zero-order chi connectivity index (χ0) is 8.04. The fraction of sp³-hybridized carbons (Fsp3) is 1.00. The highest BCUT2D eigenvalue weighted by atomic mass is 32.2. The lowest BCUT2D eigenvalue weighted by molar-refractivity contribution is -0.0336.